The lowest BCUT2D eigenvalue weighted by Crippen LogP contribution is -2.26. The van der Waals surface area contributed by atoms with Gasteiger partial charge in [0.1, 0.15) is 5.75 Å². The lowest BCUT2D eigenvalue weighted by atomic mass is 10.2. The van der Waals surface area contributed by atoms with Crippen LogP contribution in [0.4, 0.5) is 5.69 Å². The molecule has 2 N–H and O–H groups in total. The fourth-order valence-corrected chi connectivity index (χ4v) is 2.44. The minimum Gasteiger partial charge on any atom is -0.484 e. The highest BCUT2D eigenvalue weighted by Gasteiger charge is 2.09. The van der Waals surface area contributed by atoms with Crippen molar-refractivity contribution in [2.24, 2.45) is 5.10 Å². The molecule has 0 saturated carbocycles. The lowest BCUT2D eigenvalue weighted by Gasteiger charge is -2.08. The Balaban J connectivity index is 1.79. The van der Waals surface area contributed by atoms with Crippen LogP contribution in [0.15, 0.2) is 47.6 Å². The van der Waals surface area contributed by atoms with Crippen LogP contribution in [-0.2, 0) is 9.59 Å². The maximum absolute atomic E-state index is 12.0. The van der Waals surface area contributed by atoms with Crippen LogP contribution in [0.5, 0.6) is 5.75 Å². The zero-order valence-electron chi connectivity index (χ0n) is 14.9. The maximum Gasteiger partial charge on any atom is 0.277 e. The van der Waals surface area contributed by atoms with Crippen molar-refractivity contribution >= 4 is 46.4 Å². The van der Waals surface area contributed by atoms with Gasteiger partial charge in [-0.25, -0.2) is 5.43 Å². The van der Waals surface area contributed by atoms with E-state index in [4.69, 9.17) is 27.9 Å². The molecule has 0 saturated heterocycles. The first-order valence-corrected chi connectivity index (χ1v) is 8.85. The topological polar surface area (TPSA) is 79.8 Å². The van der Waals surface area contributed by atoms with Crippen LogP contribution in [0, 0.1) is 6.92 Å². The summed E-state index contributed by atoms with van der Waals surface area (Å²) in [7, 11) is 0. The first kappa shape index (κ1) is 20.7. The maximum atomic E-state index is 12.0. The van der Waals surface area contributed by atoms with E-state index in [-0.39, 0.29) is 18.9 Å². The number of carbonyl (C=O) groups is 2. The predicted octanol–water partition coefficient (Wildman–Crippen LogP) is 4.20. The van der Waals surface area contributed by atoms with Gasteiger partial charge in [-0.05, 0) is 49.7 Å². The summed E-state index contributed by atoms with van der Waals surface area (Å²) >= 11 is 11.9. The minimum atomic E-state index is -0.422. The smallest absolute Gasteiger partial charge is 0.277 e. The molecule has 142 valence electrons. The van der Waals surface area contributed by atoms with Gasteiger partial charge in [0.15, 0.2) is 6.61 Å². The van der Waals surface area contributed by atoms with E-state index in [1.165, 1.54) is 0 Å². The molecule has 27 heavy (non-hydrogen) atoms. The SMILES string of the molecule is C/C(CC(=O)Nc1cc(Cl)ccc1Cl)=N/NC(=O)COc1cccc(C)c1. The molecule has 0 fully saturated rings. The van der Waals surface area contributed by atoms with Crippen molar-refractivity contribution in [3.8, 4) is 5.75 Å². The number of hydrogen-bond acceptors (Lipinski definition) is 4. The molecular formula is C19H19Cl2N3O3. The Bertz CT molecular complexity index is 869. The van der Waals surface area contributed by atoms with E-state index < -0.39 is 5.91 Å². The fraction of sp³-hybridized carbons (Fsp3) is 0.211. The number of hydrogen-bond donors (Lipinski definition) is 2. The summed E-state index contributed by atoms with van der Waals surface area (Å²) in [5.41, 5.74) is 4.23. The van der Waals surface area contributed by atoms with E-state index in [2.05, 4.69) is 15.8 Å². The second-order valence-corrected chi connectivity index (χ2v) is 6.68. The highest BCUT2D eigenvalue weighted by Crippen LogP contribution is 2.25. The highest BCUT2D eigenvalue weighted by molar-refractivity contribution is 6.35. The van der Waals surface area contributed by atoms with Gasteiger partial charge in [0.05, 0.1) is 17.1 Å². The largest absolute Gasteiger partial charge is 0.484 e. The molecule has 0 aliphatic rings. The molecule has 0 unspecified atom stereocenters. The summed E-state index contributed by atoms with van der Waals surface area (Å²) in [4.78, 5) is 23.8. The van der Waals surface area contributed by atoms with E-state index in [1.54, 1.807) is 31.2 Å². The number of hydrazone groups is 1. The highest BCUT2D eigenvalue weighted by atomic mass is 35.5. The van der Waals surface area contributed by atoms with Crippen molar-refractivity contribution in [2.45, 2.75) is 20.3 Å². The summed E-state index contributed by atoms with van der Waals surface area (Å²) < 4.78 is 5.38. The molecule has 2 aromatic rings. The molecule has 2 amide bonds. The third-order valence-electron chi connectivity index (χ3n) is 3.35. The van der Waals surface area contributed by atoms with E-state index in [0.29, 0.717) is 27.2 Å². The molecule has 0 radical (unpaired) electrons. The van der Waals surface area contributed by atoms with Gasteiger partial charge in [-0.3, -0.25) is 9.59 Å². The van der Waals surface area contributed by atoms with Gasteiger partial charge >= 0.3 is 0 Å². The summed E-state index contributed by atoms with van der Waals surface area (Å²) in [5.74, 6) is -0.150. The second kappa shape index (κ2) is 9.94. The van der Waals surface area contributed by atoms with Crippen molar-refractivity contribution in [3.63, 3.8) is 0 Å². The first-order valence-electron chi connectivity index (χ1n) is 8.10. The van der Waals surface area contributed by atoms with Gasteiger partial charge in [0.2, 0.25) is 5.91 Å². The summed E-state index contributed by atoms with van der Waals surface area (Å²) in [5, 5.41) is 7.38. The third kappa shape index (κ3) is 7.29. The van der Waals surface area contributed by atoms with Crippen molar-refractivity contribution < 1.29 is 14.3 Å². The molecule has 0 spiro atoms. The fourth-order valence-electron chi connectivity index (χ4n) is 2.10. The number of halogens is 2. The number of aryl methyl sites for hydroxylation is 1. The Morgan fingerprint density at radius 2 is 1.89 bits per heavy atom. The predicted molar refractivity (Wildman–Crippen MR) is 108 cm³/mol. The first-order chi connectivity index (χ1) is 12.8. The molecule has 0 atom stereocenters. The van der Waals surface area contributed by atoms with Crippen LogP contribution < -0.4 is 15.5 Å². The van der Waals surface area contributed by atoms with Crippen molar-refractivity contribution in [1.82, 2.24) is 5.43 Å². The Morgan fingerprint density at radius 3 is 2.63 bits per heavy atom. The van der Waals surface area contributed by atoms with E-state index >= 15 is 0 Å². The number of amides is 2. The molecule has 8 heteroatoms. The molecule has 2 aromatic carbocycles. The van der Waals surface area contributed by atoms with Crippen molar-refractivity contribution in [2.75, 3.05) is 11.9 Å². The molecule has 0 aliphatic carbocycles. The number of nitrogens with zero attached hydrogens (tertiary/aromatic N) is 1. The third-order valence-corrected chi connectivity index (χ3v) is 3.91. The van der Waals surface area contributed by atoms with E-state index in [1.807, 2.05) is 25.1 Å². The van der Waals surface area contributed by atoms with Crippen LogP contribution in [0.25, 0.3) is 0 Å². The van der Waals surface area contributed by atoms with Crippen LogP contribution >= 0.6 is 23.2 Å². The van der Waals surface area contributed by atoms with Gasteiger partial charge < -0.3 is 10.1 Å². The quantitative estimate of drug-likeness (QED) is 0.532. The van der Waals surface area contributed by atoms with Crippen LogP contribution in [0.3, 0.4) is 0 Å². The molecule has 2 rings (SSSR count). The van der Waals surface area contributed by atoms with Crippen LogP contribution in [0.1, 0.15) is 18.9 Å². The molecule has 0 bridgehead atoms. The van der Waals surface area contributed by atoms with Crippen molar-refractivity contribution in [1.29, 1.82) is 0 Å². The molecule has 6 nitrogen and oxygen atoms in total. The molecule has 0 aliphatic heterocycles. The standard InChI is InChI=1S/C19H19Cl2N3O3/c1-12-4-3-5-15(8-12)27-11-19(26)24-23-13(2)9-18(25)22-17-10-14(20)6-7-16(17)21/h3-8,10H,9,11H2,1-2H3,(H,22,25)(H,24,26)/b23-13-. The monoisotopic (exact) mass is 407 g/mol. The van der Waals surface area contributed by atoms with Gasteiger partial charge in [-0.1, -0.05) is 35.3 Å². The average Bonchev–Trinajstić information content (AvgIpc) is 2.61. The summed E-state index contributed by atoms with van der Waals surface area (Å²) in [6.07, 6.45) is -0.0120. The zero-order valence-corrected chi connectivity index (χ0v) is 16.4. The molecular weight excluding hydrogens is 389 g/mol. The number of carbonyl (C=O) groups excluding carboxylic acids is 2. The normalized spacial score (nSPS) is 11.0. The lowest BCUT2D eigenvalue weighted by molar-refractivity contribution is -0.123. The minimum absolute atomic E-state index is 0.0120. The van der Waals surface area contributed by atoms with E-state index in [9.17, 15) is 9.59 Å². The Hall–Kier alpha value is -2.57. The summed E-state index contributed by atoms with van der Waals surface area (Å²) in [6.45, 7) is 3.38. The number of rotatable bonds is 7. The van der Waals surface area contributed by atoms with Gasteiger partial charge in [-0.15, -0.1) is 0 Å². The van der Waals surface area contributed by atoms with Crippen molar-refractivity contribution in [3.05, 3.63) is 58.1 Å². The van der Waals surface area contributed by atoms with Gasteiger partial charge in [0.25, 0.3) is 5.91 Å². The Morgan fingerprint density at radius 1 is 1.11 bits per heavy atom. The van der Waals surface area contributed by atoms with E-state index in [0.717, 1.165) is 5.56 Å². The van der Waals surface area contributed by atoms with Gasteiger partial charge in [0, 0.05) is 10.7 Å². The number of benzene rings is 2. The average molecular weight is 408 g/mol. The molecule has 0 aromatic heterocycles. The van der Waals surface area contributed by atoms with Crippen LogP contribution in [0.2, 0.25) is 10.0 Å². The zero-order chi connectivity index (χ0) is 19.8. The summed E-state index contributed by atoms with van der Waals surface area (Å²) in [6, 6.07) is 12.1. The number of nitrogens with one attached hydrogen (secondary N) is 2. The molecule has 0 heterocycles. The Labute approximate surface area is 167 Å². The number of anilines is 1. The van der Waals surface area contributed by atoms with Gasteiger partial charge in [-0.2, -0.15) is 5.10 Å². The van der Waals surface area contributed by atoms with Crippen LogP contribution in [-0.4, -0.2) is 24.1 Å². The number of ether oxygens (including phenoxy) is 1. The Kier molecular flexibility index (Phi) is 7.64. The second-order valence-electron chi connectivity index (χ2n) is 5.84.